The highest BCUT2D eigenvalue weighted by Crippen LogP contribution is 2.25. The van der Waals surface area contributed by atoms with Gasteiger partial charge in [-0.25, -0.2) is 4.79 Å². The first-order chi connectivity index (χ1) is 14.0. The predicted molar refractivity (Wildman–Crippen MR) is 115 cm³/mol. The molecule has 0 atom stereocenters. The number of hydrogen-bond acceptors (Lipinski definition) is 5. The van der Waals surface area contributed by atoms with Crippen LogP contribution in [0, 0.1) is 6.92 Å². The van der Waals surface area contributed by atoms with Crippen LogP contribution in [0.1, 0.15) is 42.6 Å². The minimum absolute atomic E-state index is 0.206. The minimum Gasteiger partial charge on any atom is -0.359 e. The summed E-state index contributed by atoms with van der Waals surface area (Å²) in [6.07, 6.45) is 0. The zero-order valence-electron chi connectivity index (χ0n) is 17.3. The highest BCUT2D eigenvalue weighted by atomic mass is 35.5. The zero-order chi connectivity index (χ0) is 22.1. The molecular formula is C20H23ClN6O3. The first-order valence-corrected chi connectivity index (χ1v) is 9.58. The third-order valence-corrected chi connectivity index (χ3v) is 4.70. The van der Waals surface area contributed by atoms with E-state index in [-0.39, 0.29) is 16.5 Å². The van der Waals surface area contributed by atoms with Crippen LogP contribution < -0.4 is 16.0 Å². The Hall–Kier alpha value is -3.33. The Kier molecular flexibility index (Phi) is 5.84. The van der Waals surface area contributed by atoms with Crippen molar-refractivity contribution in [3.63, 3.8) is 0 Å². The number of anilines is 3. The molecule has 2 aromatic heterocycles. The quantitative estimate of drug-likeness (QED) is 0.561. The first kappa shape index (κ1) is 21.4. The van der Waals surface area contributed by atoms with Crippen LogP contribution in [0.25, 0.3) is 0 Å². The van der Waals surface area contributed by atoms with Crippen LogP contribution in [0.2, 0.25) is 5.15 Å². The molecular weight excluding hydrogens is 408 g/mol. The lowest BCUT2D eigenvalue weighted by Gasteiger charge is -2.12. The van der Waals surface area contributed by atoms with E-state index in [0.29, 0.717) is 34.2 Å². The fraction of sp³-hybridized carbons (Fsp3) is 0.300. The summed E-state index contributed by atoms with van der Waals surface area (Å²) in [5, 5.41) is 16.3. The van der Waals surface area contributed by atoms with Crippen molar-refractivity contribution in [2.75, 3.05) is 16.0 Å². The van der Waals surface area contributed by atoms with Gasteiger partial charge in [0.1, 0.15) is 10.9 Å². The summed E-state index contributed by atoms with van der Waals surface area (Å²) < 4.78 is 6.68. The number of rotatable bonds is 4. The lowest BCUT2D eigenvalue weighted by atomic mass is 9.93. The fourth-order valence-corrected chi connectivity index (χ4v) is 2.95. The second kappa shape index (κ2) is 8.19. The molecule has 0 aliphatic heterocycles. The van der Waals surface area contributed by atoms with E-state index in [4.69, 9.17) is 16.1 Å². The van der Waals surface area contributed by atoms with Gasteiger partial charge in [-0.2, -0.15) is 5.10 Å². The molecule has 0 saturated carbocycles. The van der Waals surface area contributed by atoms with Gasteiger partial charge in [0.05, 0.1) is 11.3 Å². The molecule has 0 unspecified atom stereocenters. The van der Waals surface area contributed by atoms with E-state index in [1.807, 2.05) is 20.8 Å². The summed E-state index contributed by atoms with van der Waals surface area (Å²) in [6.45, 7) is 7.68. The maximum absolute atomic E-state index is 12.5. The standard InChI is InChI=1S/C20H23ClN6O3/c1-11-16(17(21)27(5)25-11)18(28)22-12-6-8-13(9-7-12)23-19(29)24-15-10-14(30-26-15)20(2,3)4/h6-10H,1-5H3,(H,22,28)(H2,23,24,26,29). The van der Waals surface area contributed by atoms with Crippen molar-refractivity contribution in [3.8, 4) is 0 Å². The van der Waals surface area contributed by atoms with Crippen LogP contribution in [0.5, 0.6) is 0 Å². The molecule has 3 aromatic rings. The number of nitrogens with one attached hydrogen (secondary N) is 3. The SMILES string of the molecule is Cc1nn(C)c(Cl)c1C(=O)Nc1ccc(NC(=O)Nc2cc(C(C)(C)C)on2)cc1. The van der Waals surface area contributed by atoms with E-state index < -0.39 is 6.03 Å². The van der Waals surface area contributed by atoms with Crippen molar-refractivity contribution < 1.29 is 14.1 Å². The number of hydrogen-bond donors (Lipinski definition) is 3. The average Bonchev–Trinajstić information content (AvgIpc) is 3.21. The summed E-state index contributed by atoms with van der Waals surface area (Å²) in [7, 11) is 1.67. The van der Waals surface area contributed by atoms with Crippen LogP contribution in [-0.4, -0.2) is 26.9 Å². The summed E-state index contributed by atoms with van der Waals surface area (Å²) in [5.41, 5.74) is 1.75. The van der Waals surface area contributed by atoms with Crippen molar-refractivity contribution in [1.29, 1.82) is 0 Å². The Bertz CT molecular complexity index is 1080. The Morgan fingerprint density at radius 2 is 1.67 bits per heavy atom. The predicted octanol–water partition coefficient (Wildman–Crippen LogP) is 4.56. The van der Waals surface area contributed by atoms with Crippen molar-refractivity contribution in [1.82, 2.24) is 14.9 Å². The van der Waals surface area contributed by atoms with E-state index in [9.17, 15) is 9.59 Å². The molecule has 0 spiro atoms. The molecule has 0 bridgehead atoms. The molecule has 30 heavy (non-hydrogen) atoms. The first-order valence-electron chi connectivity index (χ1n) is 9.20. The van der Waals surface area contributed by atoms with Crippen molar-refractivity contribution in [2.45, 2.75) is 33.1 Å². The molecule has 0 radical (unpaired) electrons. The topological polar surface area (TPSA) is 114 Å². The van der Waals surface area contributed by atoms with Gasteiger partial charge in [-0.15, -0.1) is 0 Å². The zero-order valence-corrected chi connectivity index (χ0v) is 18.1. The molecule has 3 amide bonds. The van der Waals surface area contributed by atoms with Crippen LogP contribution in [-0.2, 0) is 12.5 Å². The monoisotopic (exact) mass is 430 g/mol. The number of benzene rings is 1. The molecule has 0 fully saturated rings. The molecule has 9 nitrogen and oxygen atoms in total. The lowest BCUT2D eigenvalue weighted by Crippen LogP contribution is -2.19. The highest BCUT2D eigenvalue weighted by molar-refractivity contribution is 6.33. The van der Waals surface area contributed by atoms with E-state index >= 15 is 0 Å². The van der Waals surface area contributed by atoms with Gasteiger partial charge in [0.2, 0.25) is 0 Å². The third kappa shape index (κ3) is 4.80. The smallest absolute Gasteiger partial charge is 0.324 e. The van der Waals surface area contributed by atoms with Gasteiger partial charge in [0, 0.05) is 29.9 Å². The number of halogens is 1. The maximum Gasteiger partial charge on any atom is 0.324 e. The van der Waals surface area contributed by atoms with Gasteiger partial charge in [0.15, 0.2) is 5.82 Å². The molecule has 0 aliphatic carbocycles. The Morgan fingerprint density at radius 3 is 2.17 bits per heavy atom. The van der Waals surface area contributed by atoms with Gasteiger partial charge in [0.25, 0.3) is 5.91 Å². The second-order valence-corrected chi connectivity index (χ2v) is 8.17. The molecule has 0 saturated heterocycles. The number of carbonyl (C=O) groups is 2. The van der Waals surface area contributed by atoms with Gasteiger partial charge >= 0.3 is 6.03 Å². The molecule has 3 N–H and O–H groups in total. The molecule has 10 heteroatoms. The number of urea groups is 1. The number of amides is 3. The molecule has 2 heterocycles. The van der Waals surface area contributed by atoms with Crippen molar-refractivity contribution in [2.24, 2.45) is 7.05 Å². The Morgan fingerprint density at radius 1 is 1.07 bits per heavy atom. The maximum atomic E-state index is 12.5. The largest absolute Gasteiger partial charge is 0.359 e. The number of carbonyl (C=O) groups excluding carboxylic acids is 2. The normalized spacial score (nSPS) is 11.3. The van der Waals surface area contributed by atoms with Crippen LogP contribution >= 0.6 is 11.6 Å². The van der Waals surface area contributed by atoms with E-state index in [1.165, 1.54) is 4.68 Å². The number of nitrogens with zero attached hydrogens (tertiary/aromatic N) is 3. The van der Waals surface area contributed by atoms with Crippen molar-refractivity contribution in [3.05, 3.63) is 52.5 Å². The van der Waals surface area contributed by atoms with E-state index in [2.05, 4.69) is 26.2 Å². The Labute approximate surface area is 178 Å². The number of aromatic nitrogens is 3. The minimum atomic E-state index is -0.460. The second-order valence-electron chi connectivity index (χ2n) is 7.81. The molecule has 3 rings (SSSR count). The lowest BCUT2D eigenvalue weighted by molar-refractivity contribution is 0.102. The van der Waals surface area contributed by atoms with E-state index in [0.717, 1.165) is 0 Å². The highest BCUT2D eigenvalue weighted by Gasteiger charge is 2.21. The molecule has 0 aliphatic rings. The number of aryl methyl sites for hydroxylation is 2. The van der Waals surface area contributed by atoms with Crippen LogP contribution in [0.4, 0.5) is 22.0 Å². The average molecular weight is 431 g/mol. The Balaban J connectivity index is 1.59. The summed E-state index contributed by atoms with van der Waals surface area (Å²) in [4.78, 5) is 24.6. The fourth-order valence-electron chi connectivity index (χ4n) is 2.68. The summed E-state index contributed by atoms with van der Waals surface area (Å²) in [5.74, 6) is 0.636. The van der Waals surface area contributed by atoms with Gasteiger partial charge in [-0.05, 0) is 31.2 Å². The van der Waals surface area contributed by atoms with Gasteiger partial charge in [-0.3, -0.25) is 14.8 Å². The van der Waals surface area contributed by atoms with Crippen LogP contribution in [0.3, 0.4) is 0 Å². The summed E-state index contributed by atoms with van der Waals surface area (Å²) >= 11 is 6.12. The summed E-state index contributed by atoms with van der Waals surface area (Å²) in [6, 6.07) is 7.89. The third-order valence-electron chi connectivity index (χ3n) is 4.27. The molecule has 158 valence electrons. The van der Waals surface area contributed by atoms with Gasteiger partial charge < -0.3 is 15.2 Å². The van der Waals surface area contributed by atoms with Crippen molar-refractivity contribution >= 4 is 40.7 Å². The van der Waals surface area contributed by atoms with Crippen LogP contribution in [0.15, 0.2) is 34.9 Å². The van der Waals surface area contributed by atoms with E-state index in [1.54, 1.807) is 44.3 Å². The molecule has 1 aromatic carbocycles. The van der Waals surface area contributed by atoms with Gasteiger partial charge in [-0.1, -0.05) is 37.5 Å².